The van der Waals surface area contributed by atoms with E-state index in [0.29, 0.717) is 25.2 Å². The molecule has 0 aliphatic carbocycles. The monoisotopic (exact) mass is 327 g/mol. The fourth-order valence-electron chi connectivity index (χ4n) is 2.52. The Morgan fingerprint density at radius 3 is 2.61 bits per heavy atom. The number of rotatable bonds is 8. The molecule has 134 valence electrons. The standard InChI is InChI=1S/C16H33N5O2/c1-5-9-21-10-6-14(7-11-21)19-16(17-8-12-23-4)18-13-15(22)20(2)3/h14H,5-13H2,1-4H3,(H2,17,18,19). The van der Waals surface area contributed by atoms with Crippen molar-refractivity contribution in [3.8, 4) is 0 Å². The summed E-state index contributed by atoms with van der Waals surface area (Å²) in [5.74, 6) is 0.696. The molecule has 0 saturated carbocycles. The molecule has 0 spiro atoms. The van der Waals surface area contributed by atoms with E-state index in [9.17, 15) is 4.79 Å². The van der Waals surface area contributed by atoms with Crippen LogP contribution in [0.3, 0.4) is 0 Å². The van der Waals surface area contributed by atoms with Crippen LogP contribution in [0.4, 0.5) is 0 Å². The number of nitrogens with zero attached hydrogens (tertiary/aromatic N) is 3. The highest BCUT2D eigenvalue weighted by Crippen LogP contribution is 2.10. The number of nitrogens with one attached hydrogen (secondary N) is 2. The number of hydrogen-bond acceptors (Lipinski definition) is 4. The van der Waals surface area contributed by atoms with Gasteiger partial charge in [0.2, 0.25) is 5.91 Å². The lowest BCUT2D eigenvalue weighted by Gasteiger charge is -2.32. The molecule has 0 atom stereocenters. The average molecular weight is 327 g/mol. The van der Waals surface area contributed by atoms with Crippen LogP contribution in [0.25, 0.3) is 0 Å². The summed E-state index contributed by atoms with van der Waals surface area (Å²) >= 11 is 0. The van der Waals surface area contributed by atoms with Crippen LogP contribution in [0.2, 0.25) is 0 Å². The van der Waals surface area contributed by atoms with E-state index in [2.05, 4.69) is 27.4 Å². The number of carbonyl (C=O) groups excluding carboxylic acids is 1. The van der Waals surface area contributed by atoms with E-state index in [1.54, 1.807) is 26.1 Å². The number of amides is 1. The summed E-state index contributed by atoms with van der Waals surface area (Å²) in [6.07, 6.45) is 3.41. The number of guanidine groups is 1. The van der Waals surface area contributed by atoms with Gasteiger partial charge in [-0.1, -0.05) is 6.92 Å². The minimum Gasteiger partial charge on any atom is -0.383 e. The summed E-state index contributed by atoms with van der Waals surface area (Å²) < 4.78 is 5.06. The Labute approximate surface area is 140 Å². The van der Waals surface area contributed by atoms with Crippen molar-refractivity contribution in [3.05, 3.63) is 0 Å². The molecule has 0 aromatic rings. The van der Waals surface area contributed by atoms with Crippen molar-refractivity contribution in [2.45, 2.75) is 32.2 Å². The van der Waals surface area contributed by atoms with E-state index in [1.807, 2.05) is 0 Å². The second-order valence-electron chi connectivity index (χ2n) is 6.13. The number of ether oxygens (including phenoxy) is 1. The third-order valence-electron chi connectivity index (χ3n) is 3.94. The molecule has 23 heavy (non-hydrogen) atoms. The minimum atomic E-state index is -0.00407. The maximum Gasteiger partial charge on any atom is 0.243 e. The molecule has 2 N–H and O–H groups in total. The van der Waals surface area contributed by atoms with E-state index in [4.69, 9.17) is 4.74 Å². The van der Waals surface area contributed by atoms with Crippen molar-refractivity contribution in [1.82, 2.24) is 20.4 Å². The first-order chi connectivity index (χ1) is 11.1. The molecule has 1 aliphatic rings. The number of methoxy groups -OCH3 is 1. The maximum absolute atomic E-state index is 11.7. The van der Waals surface area contributed by atoms with Crippen LogP contribution in [0.15, 0.2) is 4.99 Å². The van der Waals surface area contributed by atoms with Gasteiger partial charge in [0.1, 0.15) is 6.54 Å². The van der Waals surface area contributed by atoms with Crippen LogP contribution in [-0.2, 0) is 9.53 Å². The third kappa shape index (κ3) is 8.18. The molecular weight excluding hydrogens is 294 g/mol. The minimum absolute atomic E-state index is 0.00407. The van der Waals surface area contributed by atoms with Crippen LogP contribution < -0.4 is 10.6 Å². The summed E-state index contributed by atoms with van der Waals surface area (Å²) in [7, 11) is 5.16. The summed E-state index contributed by atoms with van der Waals surface area (Å²) in [6, 6.07) is 0.409. The predicted octanol–water partition coefficient (Wildman–Crippen LogP) is 0.131. The number of hydrogen-bond donors (Lipinski definition) is 2. The van der Waals surface area contributed by atoms with Crippen molar-refractivity contribution in [2.75, 3.05) is 60.5 Å². The van der Waals surface area contributed by atoms with Gasteiger partial charge < -0.3 is 25.2 Å². The van der Waals surface area contributed by atoms with Gasteiger partial charge in [0.25, 0.3) is 0 Å². The molecule has 1 fully saturated rings. The lowest BCUT2D eigenvalue weighted by Crippen LogP contribution is -2.49. The average Bonchev–Trinajstić information content (AvgIpc) is 2.54. The largest absolute Gasteiger partial charge is 0.383 e. The molecular formula is C16H33N5O2. The Balaban J connectivity index is 2.48. The molecule has 1 heterocycles. The predicted molar refractivity (Wildman–Crippen MR) is 93.8 cm³/mol. The van der Waals surface area contributed by atoms with Gasteiger partial charge in [0.15, 0.2) is 5.96 Å². The van der Waals surface area contributed by atoms with Crippen molar-refractivity contribution < 1.29 is 9.53 Å². The molecule has 1 aliphatic heterocycles. The Bertz CT molecular complexity index is 365. The number of likely N-dealkylation sites (tertiary alicyclic amines) is 1. The van der Waals surface area contributed by atoms with E-state index in [0.717, 1.165) is 25.9 Å². The highest BCUT2D eigenvalue weighted by Gasteiger charge is 2.19. The van der Waals surface area contributed by atoms with Gasteiger partial charge in [0, 0.05) is 46.9 Å². The van der Waals surface area contributed by atoms with Crippen molar-refractivity contribution in [3.63, 3.8) is 0 Å². The van der Waals surface area contributed by atoms with Crippen LogP contribution in [0.1, 0.15) is 26.2 Å². The summed E-state index contributed by atoms with van der Waals surface area (Å²) in [6.45, 7) is 7.07. The number of carbonyl (C=O) groups is 1. The molecule has 7 nitrogen and oxygen atoms in total. The zero-order chi connectivity index (χ0) is 17.1. The Hall–Kier alpha value is -1.34. The Morgan fingerprint density at radius 2 is 2.04 bits per heavy atom. The van der Waals surface area contributed by atoms with E-state index in [-0.39, 0.29) is 12.5 Å². The lowest BCUT2D eigenvalue weighted by atomic mass is 10.1. The van der Waals surface area contributed by atoms with Gasteiger partial charge in [-0.2, -0.15) is 0 Å². The van der Waals surface area contributed by atoms with Crippen molar-refractivity contribution in [2.24, 2.45) is 4.99 Å². The Kier molecular flexibility index (Phi) is 9.63. The zero-order valence-electron chi connectivity index (χ0n) is 15.1. The number of likely N-dealkylation sites (N-methyl/N-ethyl adjacent to an activating group) is 1. The second-order valence-corrected chi connectivity index (χ2v) is 6.13. The first-order valence-corrected chi connectivity index (χ1v) is 8.53. The highest BCUT2D eigenvalue weighted by atomic mass is 16.5. The van der Waals surface area contributed by atoms with E-state index in [1.165, 1.54) is 13.0 Å². The Morgan fingerprint density at radius 1 is 1.35 bits per heavy atom. The van der Waals surface area contributed by atoms with Crippen LogP contribution in [-0.4, -0.2) is 88.2 Å². The molecule has 0 aromatic heterocycles. The molecule has 0 bridgehead atoms. The lowest BCUT2D eigenvalue weighted by molar-refractivity contribution is -0.127. The molecule has 0 unspecified atom stereocenters. The summed E-state index contributed by atoms with van der Waals surface area (Å²) in [5, 5.41) is 6.69. The fraction of sp³-hybridized carbons (Fsp3) is 0.875. The smallest absolute Gasteiger partial charge is 0.243 e. The molecule has 1 rings (SSSR count). The van der Waals surface area contributed by atoms with Gasteiger partial charge in [-0.25, -0.2) is 4.99 Å². The molecule has 1 amide bonds. The first-order valence-electron chi connectivity index (χ1n) is 8.53. The quantitative estimate of drug-likeness (QED) is 0.377. The number of piperidine rings is 1. The fourth-order valence-corrected chi connectivity index (χ4v) is 2.52. The molecule has 7 heteroatoms. The maximum atomic E-state index is 11.7. The second kappa shape index (κ2) is 11.2. The normalized spacial score (nSPS) is 17.1. The molecule has 1 saturated heterocycles. The number of aliphatic imine (C=N–C) groups is 1. The van der Waals surface area contributed by atoms with Gasteiger partial charge in [-0.15, -0.1) is 0 Å². The topological polar surface area (TPSA) is 69.2 Å². The van der Waals surface area contributed by atoms with Gasteiger partial charge in [0.05, 0.1) is 6.61 Å². The molecule has 0 aromatic carbocycles. The van der Waals surface area contributed by atoms with Crippen LogP contribution in [0.5, 0.6) is 0 Å². The van der Waals surface area contributed by atoms with Gasteiger partial charge in [-0.05, 0) is 25.8 Å². The van der Waals surface area contributed by atoms with Crippen molar-refractivity contribution in [1.29, 1.82) is 0 Å². The third-order valence-corrected chi connectivity index (χ3v) is 3.94. The van der Waals surface area contributed by atoms with Gasteiger partial charge >= 0.3 is 0 Å². The van der Waals surface area contributed by atoms with E-state index < -0.39 is 0 Å². The van der Waals surface area contributed by atoms with E-state index >= 15 is 0 Å². The SMILES string of the molecule is CCCN1CCC(NC(=NCC(=O)N(C)C)NCCOC)CC1. The molecule has 0 radical (unpaired) electrons. The van der Waals surface area contributed by atoms with Crippen LogP contribution in [0, 0.1) is 0 Å². The highest BCUT2D eigenvalue weighted by molar-refractivity contribution is 5.84. The van der Waals surface area contributed by atoms with Gasteiger partial charge in [-0.3, -0.25) is 4.79 Å². The zero-order valence-corrected chi connectivity index (χ0v) is 15.1. The van der Waals surface area contributed by atoms with Crippen molar-refractivity contribution >= 4 is 11.9 Å². The van der Waals surface area contributed by atoms with Crippen LogP contribution >= 0.6 is 0 Å². The summed E-state index contributed by atoms with van der Waals surface area (Å²) in [4.78, 5) is 20.2. The first kappa shape index (κ1) is 19.7. The summed E-state index contributed by atoms with van der Waals surface area (Å²) in [5.41, 5.74) is 0.